The van der Waals surface area contributed by atoms with Crippen LogP contribution in [0.5, 0.6) is 0 Å². The Morgan fingerprint density at radius 3 is 3.05 bits per heavy atom. The summed E-state index contributed by atoms with van der Waals surface area (Å²) in [6.45, 7) is 5.86. The summed E-state index contributed by atoms with van der Waals surface area (Å²) in [5.74, 6) is 0.122. The molecule has 4 nitrogen and oxygen atoms in total. The quantitative estimate of drug-likeness (QED) is 0.894. The van der Waals surface area contributed by atoms with Crippen LogP contribution in [0.25, 0.3) is 0 Å². The molecule has 1 aliphatic heterocycles. The average molecular weight is 341 g/mol. The van der Waals surface area contributed by atoms with Crippen LogP contribution in [-0.2, 0) is 9.53 Å². The Morgan fingerprint density at radius 1 is 1.50 bits per heavy atom. The molecule has 0 bridgehead atoms. The summed E-state index contributed by atoms with van der Waals surface area (Å²) in [6, 6.07) is 8.15. The van der Waals surface area contributed by atoms with Crippen molar-refractivity contribution in [2.24, 2.45) is 0 Å². The zero-order valence-corrected chi connectivity index (χ0v) is 13.4. The van der Waals surface area contributed by atoms with E-state index in [4.69, 9.17) is 4.74 Å². The number of hydrogen-bond donors (Lipinski definition) is 1. The smallest absolute Gasteiger partial charge is 0.221 e. The van der Waals surface area contributed by atoms with E-state index in [0.717, 1.165) is 24.1 Å². The second-order valence-electron chi connectivity index (χ2n) is 4.89. The molecule has 2 rings (SSSR count). The average Bonchev–Trinajstić information content (AvgIpc) is 2.46. The molecule has 0 spiro atoms. The van der Waals surface area contributed by atoms with E-state index < -0.39 is 0 Å². The molecule has 1 amide bonds. The molecular formula is C15H21BrN2O2. The number of halogens is 1. The molecule has 1 aromatic rings. The summed E-state index contributed by atoms with van der Waals surface area (Å²) in [5, 5.41) is 2.83. The number of carbonyl (C=O) groups is 1. The minimum absolute atomic E-state index is 0.0774. The molecule has 5 heteroatoms. The van der Waals surface area contributed by atoms with Gasteiger partial charge in [-0.05, 0) is 18.6 Å². The number of ether oxygens (including phenoxy) is 1. The Bertz CT molecular complexity index is 453. The fourth-order valence-corrected chi connectivity index (χ4v) is 2.92. The van der Waals surface area contributed by atoms with Crippen LogP contribution < -0.4 is 5.32 Å². The van der Waals surface area contributed by atoms with Gasteiger partial charge < -0.3 is 10.1 Å². The number of carbonyl (C=O) groups excluding carboxylic acids is 1. The van der Waals surface area contributed by atoms with Crippen LogP contribution in [0.3, 0.4) is 0 Å². The zero-order chi connectivity index (χ0) is 14.4. The van der Waals surface area contributed by atoms with E-state index in [0.29, 0.717) is 19.6 Å². The first kappa shape index (κ1) is 15.5. The number of benzene rings is 1. The van der Waals surface area contributed by atoms with Gasteiger partial charge in [0.15, 0.2) is 0 Å². The molecule has 0 radical (unpaired) electrons. The van der Waals surface area contributed by atoms with Crippen molar-refractivity contribution in [3.8, 4) is 0 Å². The predicted molar refractivity (Wildman–Crippen MR) is 82.6 cm³/mol. The zero-order valence-electron chi connectivity index (χ0n) is 11.8. The summed E-state index contributed by atoms with van der Waals surface area (Å²) in [4.78, 5) is 13.8. The highest BCUT2D eigenvalue weighted by Gasteiger charge is 2.23. The number of rotatable bonds is 5. The van der Waals surface area contributed by atoms with Crippen molar-refractivity contribution in [2.75, 3.05) is 32.8 Å². The molecule has 20 heavy (non-hydrogen) atoms. The van der Waals surface area contributed by atoms with Crippen LogP contribution in [-0.4, -0.2) is 43.6 Å². The number of nitrogens with zero attached hydrogens (tertiary/aromatic N) is 1. The van der Waals surface area contributed by atoms with E-state index in [1.54, 1.807) is 0 Å². The first-order valence-electron chi connectivity index (χ1n) is 7.05. The SMILES string of the molecule is CCNC(=O)CCN1CCO[C@@H](c2ccccc2Br)C1. The van der Waals surface area contributed by atoms with E-state index in [-0.39, 0.29) is 12.0 Å². The van der Waals surface area contributed by atoms with Gasteiger partial charge >= 0.3 is 0 Å². The van der Waals surface area contributed by atoms with Crippen LogP contribution in [0.1, 0.15) is 25.0 Å². The molecule has 1 N–H and O–H groups in total. The van der Waals surface area contributed by atoms with Gasteiger partial charge in [-0.2, -0.15) is 0 Å². The standard InChI is InChI=1S/C15H21BrN2O2/c1-2-17-15(19)7-8-18-9-10-20-14(11-18)12-5-3-4-6-13(12)16/h3-6,14H,2,7-11H2,1H3,(H,17,19)/t14-/m1/s1. The van der Waals surface area contributed by atoms with Crippen LogP contribution in [0.4, 0.5) is 0 Å². The van der Waals surface area contributed by atoms with Gasteiger partial charge in [-0.1, -0.05) is 34.1 Å². The van der Waals surface area contributed by atoms with Gasteiger partial charge in [-0.25, -0.2) is 0 Å². The lowest BCUT2D eigenvalue weighted by atomic mass is 10.1. The van der Waals surface area contributed by atoms with E-state index >= 15 is 0 Å². The minimum Gasteiger partial charge on any atom is -0.371 e. The molecule has 0 saturated carbocycles. The molecule has 1 aromatic carbocycles. The van der Waals surface area contributed by atoms with Crippen molar-refractivity contribution in [3.05, 3.63) is 34.3 Å². The summed E-state index contributed by atoms with van der Waals surface area (Å²) in [7, 11) is 0. The highest BCUT2D eigenvalue weighted by Crippen LogP contribution is 2.28. The lowest BCUT2D eigenvalue weighted by Gasteiger charge is -2.33. The highest BCUT2D eigenvalue weighted by atomic mass is 79.9. The number of morpholine rings is 1. The van der Waals surface area contributed by atoms with Crippen LogP contribution in [0, 0.1) is 0 Å². The van der Waals surface area contributed by atoms with Gasteiger partial charge in [0.05, 0.1) is 12.7 Å². The van der Waals surface area contributed by atoms with Gasteiger partial charge in [0.2, 0.25) is 5.91 Å². The first-order chi connectivity index (χ1) is 9.70. The van der Waals surface area contributed by atoms with Crippen molar-refractivity contribution in [1.29, 1.82) is 0 Å². The largest absolute Gasteiger partial charge is 0.371 e. The molecule has 1 fully saturated rings. The van der Waals surface area contributed by atoms with Gasteiger partial charge in [0.25, 0.3) is 0 Å². The number of hydrogen-bond acceptors (Lipinski definition) is 3. The van der Waals surface area contributed by atoms with E-state index in [1.165, 1.54) is 5.56 Å². The van der Waals surface area contributed by atoms with E-state index in [1.807, 2.05) is 25.1 Å². The Morgan fingerprint density at radius 2 is 2.30 bits per heavy atom. The third kappa shape index (κ3) is 4.30. The second kappa shape index (κ2) is 7.76. The molecule has 0 unspecified atom stereocenters. The maximum absolute atomic E-state index is 11.5. The fourth-order valence-electron chi connectivity index (χ4n) is 2.38. The predicted octanol–water partition coefficient (Wildman–Crippen LogP) is 2.35. The van der Waals surface area contributed by atoms with Crippen molar-refractivity contribution in [3.63, 3.8) is 0 Å². The van der Waals surface area contributed by atoms with E-state index in [2.05, 4.69) is 32.2 Å². The Kier molecular flexibility index (Phi) is 6.01. The van der Waals surface area contributed by atoms with Crippen molar-refractivity contribution >= 4 is 21.8 Å². The molecule has 1 heterocycles. The molecule has 0 aliphatic carbocycles. The topological polar surface area (TPSA) is 41.6 Å². The third-order valence-electron chi connectivity index (χ3n) is 3.43. The van der Waals surface area contributed by atoms with Crippen LogP contribution >= 0.6 is 15.9 Å². The van der Waals surface area contributed by atoms with Gasteiger partial charge in [-0.15, -0.1) is 0 Å². The van der Waals surface area contributed by atoms with Gasteiger partial charge in [0, 0.05) is 37.1 Å². The van der Waals surface area contributed by atoms with E-state index in [9.17, 15) is 4.79 Å². The Balaban J connectivity index is 1.89. The Hall–Kier alpha value is -0.910. The summed E-state index contributed by atoms with van der Waals surface area (Å²) in [6.07, 6.45) is 0.629. The maximum Gasteiger partial charge on any atom is 0.221 e. The minimum atomic E-state index is 0.0774. The Labute approximate surface area is 128 Å². The fraction of sp³-hybridized carbons (Fsp3) is 0.533. The van der Waals surface area contributed by atoms with Crippen LogP contribution in [0.15, 0.2) is 28.7 Å². The van der Waals surface area contributed by atoms with Crippen LogP contribution in [0.2, 0.25) is 0 Å². The normalized spacial score (nSPS) is 19.8. The monoisotopic (exact) mass is 340 g/mol. The molecule has 1 atom stereocenters. The molecule has 110 valence electrons. The second-order valence-corrected chi connectivity index (χ2v) is 5.74. The third-order valence-corrected chi connectivity index (χ3v) is 4.15. The highest BCUT2D eigenvalue weighted by molar-refractivity contribution is 9.10. The van der Waals surface area contributed by atoms with Gasteiger partial charge in [-0.3, -0.25) is 9.69 Å². The van der Waals surface area contributed by atoms with Crippen molar-refractivity contribution < 1.29 is 9.53 Å². The maximum atomic E-state index is 11.5. The number of amides is 1. The number of nitrogens with one attached hydrogen (secondary N) is 1. The van der Waals surface area contributed by atoms with Crippen molar-refractivity contribution in [1.82, 2.24) is 10.2 Å². The lowest BCUT2D eigenvalue weighted by molar-refractivity contribution is -0.121. The summed E-state index contributed by atoms with van der Waals surface area (Å²) < 4.78 is 6.94. The lowest BCUT2D eigenvalue weighted by Crippen LogP contribution is -2.40. The summed E-state index contributed by atoms with van der Waals surface area (Å²) >= 11 is 3.57. The molecule has 1 aliphatic rings. The first-order valence-corrected chi connectivity index (χ1v) is 7.85. The molecule has 1 saturated heterocycles. The summed E-state index contributed by atoms with van der Waals surface area (Å²) in [5.41, 5.74) is 1.18. The molecule has 0 aromatic heterocycles. The molecular weight excluding hydrogens is 320 g/mol. The van der Waals surface area contributed by atoms with Crippen molar-refractivity contribution in [2.45, 2.75) is 19.4 Å². The van der Waals surface area contributed by atoms with Gasteiger partial charge in [0.1, 0.15) is 0 Å².